The Balaban J connectivity index is 2.62. The molecule has 1 unspecified atom stereocenters. The number of halogens is 2. The summed E-state index contributed by atoms with van der Waals surface area (Å²) in [5, 5.41) is 7.49. The van der Waals surface area contributed by atoms with Crippen LogP contribution in [0.15, 0.2) is 0 Å². The number of rotatable bonds is 7. The third kappa shape index (κ3) is 4.09. The molecule has 1 heterocycles. The number of methoxy groups -OCH3 is 1. The number of aromatic nitrogens is 2. The van der Waals surface area contributed by atoms with Crippen molar-refractivity contribution >= 4 is 29.2 Å². The average molecular weight is 308 g/mol. The highest BCUT2D eigenvalue weighted by Crippen LogP contribution is 2.21. The number of hydrogen-bond acceptors (Lipinski definition) is 4. The summed E-state index contributed by atoms with van der Waals surface area (Å²) in [6.07, 6.45) is 0.791. The van der Waals surface area contributed by atoms with Crippen LogP contribution in [-0.4, -0.2) is 34.8 Å². The molecule has 19 heavy (non-hydrogen) atoms. The highest BCUT2D eigenvalue weighted by molar-refractivity contribution is 6.32. The Morgan fingerprint density at radius 1 is 1.53 bits per heavy atom. The molecular weight excluding hydrogens is 289 g/mol. The quantitative estimate of drug-likeness (QED) is 0.618. The molecule has 1 aromatic heterocycles. The number of esters is 1. The maximum absolute atomic E-state index is 11.2. The minimum Gasteiger partial charge on any atom is -0.468 e. The Bertz CT molecular complexity index is 435. The molecule has 1 rings (SSSR count). The van der Waals surface area contributed by atoms with Gasteiger partial charge in [-0.05, 0) is 13.3 Å². The number of alkyl halides is 1. The van der Waals surface area contributed by atoms with Gasteiger partial charge in [-0.25, -0.2) is 0 Å². The first-order valence-corrected chi connectivity index (χ1v) is 7.03. The molecule has 0 spiro atoms. The molecule has 1 aromatic rings. The molecule has 0 saturated heterocycles. The maximum Gasteiger partial charge on any atom is 0.325 e. The first-order valence-electron chi connectivity index (χ1n) is 6.21. The normalized spacial score (nSPS) is 12.5. The molecule has 0 fully saturated rings. The lowest BCUT2D eigenvalue weighted by Gasteiger charge is -2.10. The lowest BCUT2D eigenvalue weighted by atomic mass is 10.3. The molecule has 1 atom stereocenters. The standard InChI is InChI=1S/C12H19Cl2N3O2/c1-4-9-11(14)10(17(5-2)16-9)7-15-6-8(13)12(18)19-3/h8,15H,4-7H2,1-3H3. The van der Waals surface area contributed by atoms with Gasteiger partial charge in [0.15, 0.2) is 0 Å². The predicted molar refractivity (Wildman–Crippen MR) is 75.7 cm³/mol. The predicted octanol–water partition coefficient (Wildman–Crippen LogP) is 1.99. The van der Waals surface area contributed by atoms with Crippen molar-refractivity contribution in [3.8, 4) is 0 Å². The van der Waals surface area contributed by atoms with Gasteiger partial charge in [0.1, 0.15) is 5.38 Å². The Morgan fingerprint density at radius 3 is 2.74 bits per heavy atom. The second kappa shape index (κ2) is 7.72. The van der Waals surface area contributed by atoms with E-state index in [1.54, 1.807) is 0 Å². The van der Waals surface area contributed by atoms with E-state index >= 15 is 0 Å². The zero-order valence-electron chi connectivity index (χ0n) is 11.4. The van der Waals surface area contributed by atoms with Gasteiger partial charge in [0, 0.05) is 19.6 Å². The van der Waals surface area contributed by atoms with Crippen molar-refractivity contribution in [2.45, 2.75) is 38.7 Å². The van der Waals surface area contributed by atoms with Crippen LogP contribution in [0.5, 0.6) is 0 Å². The monoisotopic (exact) mass is 307 g/mol. The van der Waals surface area contributed by atoms with Gasteiger partial charge in [0.2, 0.25) is 0 Å². The van der Waals surface area contributed by atoms with Crippen molar-refractivity contribution in [3.63, 3.8) is 0 Å². The van der Waals surface area contributed by atoms with Crippen LogP contribution in [0.25, 0.3) is 0 Å². The van der Waals surface area contributed by atoms with E-state index in [2.05, 4.69) is 15.2 Å². The summed E-state index contributed by atoms with van der Waals surface area (Å²) in [5.74, 6) is -0.446. The van der Waals surface area contributed by atoms with E-state index in [4.69, 9.17) is 23.2 Å². The van der Waals surface area contributed by atoms with E-state index in [0.29, 0.717) is 18.1 Å². The topological polar surface area (TPSA) is 56.2 Å². The first kappa shape index (κ1) is 16.3. The van der Waals surface area contributed by atoms with Crippen LogP contribution in [0, 0.1) is 0 Å². The van der Waals surface area contributed by atoms with E-state index < -0.39 is 11.3 Å². The van der Waals surface area contributed by atoms with E-state index in [1.807, 2.05) is 18.5 Å². The summed E-state index contributed by atoms with van der Waals surface area (Å²) < 4.78 is 6.41. The largest absolute Gasteiger partial charge is 0.468 e. The van der Waals surface area contributed by atoms with Crippen molar-refractivity contribution < 1.29 is 9.53 Å². The van der Waals surface area contributed by atoms with Gasteiger partial charge in [-0.1, -0.05) is 18.5 Å². The van der Waals surface area contributed by atoms with Gasteiger partial charge in [0.05, 0.1) is 23.5 Å². The summed E-state index contributed by atoms with van der Waals surface area (Å²) in [6, 6.07) is 0. The molecule has 0 aromatic carbocycles. The Hall–Kier alpha value is -0.780. The third-order valence-corrected chi connectivity index (χ3v) is 3.54. The summed E-state index contributed by atoms with van der Waals surface area (Å²) >= 11 is 12.1. The SMILES string of the molecule is CCc1nn(CC)c(CNCC(Cl)C(=O)OC)c1Cl. The Morgan fingerprint density at radius 2 is 2.21 bits per heavy atom. The van der Waals surface area contributed by atoms with E-state index in [0.717, 1.165) is 24.4 Å². The van der Waals surface area contributed by atoms with Gasteiger partial charge in [-0.3, -0.25) is 9.48 Å². The molecule has 7 heteroatoms. The number of nitrogens with one attached hydrogen (secondary N) is 1. The zero-order chi connectivity index (χ0) is 14.4. The number of aryl methyl sites for hydroxylation is 2. The smallest absolute Gasteiger partial charge is 0.325 e. The molecule has 1 N–H and O–H groups in total. The third-order valence-electron chi connectivity index (χ3n) is 2.77. The van der Waals surface area contributed by atoms with Crippen LogP contribution in [0.4, 0.5) is 0 Å². The van der Waals surface area contributed by atoms with Crippen molar-refractivity contribution in [2.24, 2.45) is 0 Å². The van der Waals surface area contributed by atoms with Crippen molar-refractivity contribution in [3.05, 3.63) is 16.4 Å². The van der Waals surface area contributed by atoms with E-state index in [1.165, 1.54) is 7.11 Å². The molecule has 0 aliphatic heterocycles. The Labute approximate surface area is 123 Å². The van der Waals surface area contributed by atoms with Crippen molar-refractivity contribution in [2.75, 3.05) is 13.7 Å². The lowest BCUT2D eigenvalue weighted by molar-refractivity contribution is -0.140. The first-order chi connectivity index (χ1) is 9.04. The second-order valence-corrected chi connectivity index (χ2v) is 4.90. The van der Waals surface area contributed by atoms with Crippen LogP contribution in [0.2, 0.25) is 5.02 Å². The van der Waals surface area contributed by atoms with Gasteiger partial charge in [-0.15, -0.1) is 11.6 Å². The molecule has 5 nitrogen and oxygen atoms in total. The molecule has 0 radical (unpaired) electrons. The molecule has 0 aliphatic carbocycles. The molecular formula is C12H19Cl2N3O2. The van der Waals surface area contributed by atoms with Crippen molar-refractivity contribution in [1.82, 2.24) is 15.1 Å². The zero-order valence-corrected chi connectivity index (χ0v) is 12.9. The second-order valence-electron chi connectivity index (χ2n) is 4.00. The fourth-order valence-corrected chi connectivity index (χ4v) is 2.25. The van der Waals surface area contributed by atoms with E-state index in [9.17, 15) is 4.79 Å². The molecule has 108 valence electrons. The summed E-state index contributed by atoms with van der Waals surface area (Å²) in [4.78, 5) is 11.2. The highest BCUT2D eigenvalue weighted by atomic mass is 35.5. The van der Waals surface area contributed by atoms with Crippen LogP contribution in [0.1, 0.15) is 25.2 Å². The fraction of sp³-hybridized carbons (Fsp3) is 0.667. The fourth-order valence-electron chi connectivity index (χ4n) is 1.71. The van der Waals surface area contributed by atoms with Gasteiger partial charge in [0.25, 0.3) is 0 Å². The highest BCUT2D eigenvalue weighted by Gasteiger charge is 2.17. The number of nitrogens with zero attached hydrogens (tertiary/aromatic N) is 2. The number of ether oxygens (including phenoxy) is 1. The number of hydrogen-bond donors (Lipinski definition) is 1. The molecule has 0 bridgehead atoms. The molecule has 0 amide bonds. The number of carbonyl (C=O) groups is 1. The van der Waals surface area contributed by atoms with Crippen LogP contribution in [0.3, 0.4) is 0 Å². The van der Waals surface area contributed by atoms with E-state index in [-0.39, 0.29) is 0 Å². The molecule has 0 aliphatic rings. The summed E-state index contributed by atoms with van der Waals surface area (Å²) in [6.45, 7) is 5.60. The van der Waals surface area contributed by atoms with Crippen LogP contribution >= 0.6 is 23.2 Å². The van der Waals surface area contributed by atoms with Crippen molar-refractivity contribution in [1.29, 1.82) is 0 Å². The summed E-state index contributed by atoms with van der Waals surface area (Å²) in [5.41, 5.74) is 1.80. The van der Waals surface area contributed by atoms with Gasteiger partial charge < -0.3 is 10.1 Å². The van der Waals surface area contributed by atoms with Gasteiger partial charge >= 0.3 is 5.97 Å². The summed E-state index contributed by atoms with van der Waals surface area (Å²) in [7, 11) is 1.31. The lowest BCUT2D eigenvalue weighted by Crippen LogP contribution is -2.30. The van der Waals surface area contributed by atoms with Crippen LogP contribution < -0.4 is 5.32 Å². The molecule has 0 saturated carbocycles. The maximum atomic E-state index is 11.2. The average Bonchev–Trinajstić information content (AvgIpc) is 2.74. The minimum atomic E-state index is -0.701. The van der Waals surface area contributed by atoms with Gasteiger partial charge in [-0.2, -0.15) is 5.10 Å². The Kier molecular flexibility index (Phi) is 6.62. The minimum absolute atomic E-state index is 0.320. The van der Waals surface area contributed by atoms with Crippen LogP contribution in [-0.2, 0) is 29.0 Å². The number of carbonyl (C=O) groups excluding carboxylic acids is 1.